The summed E-state index contributed by atoms with van der Waals surface area (Å²) in [6, 6.07) is 4.37. The third-order valence-corrected chi connectivity index (χ3v) is 3.33. The van der Waals surface area contributed by atoms with E-state index in [1.54, 1.807) is 17.0 Å². The molecule has 1 aliphatic carbocycles. The summed E-state index contributed by atoms with van der Waals surface area (Å²) in [5.74, 6) is 1.94. The summed E-state index contributed by atoms with van der Waals surface area (Å²) in [5, 5.41) is 2.93. The standard InChI is InChI=1S/C14H14ClFN2O/c1-2-8-17-14(19)18(10-6-7-10)9-11-12(15)4-3-5-13(11)16/h1,3-5,10H,6-9H2,(H,17,19). The Hall–Kier alpha value is -1.73. The van der Waals surface area contributed by atoms with Crippen LogP contribution in [0, 0.1) is 18.2 Å². The quantitative estimate of drug-likeness (QED) is 0.845. The predicted molar refractivity (Wildman–Crippen MR) is 72.2 cm³/mol. The minimum atomic E-state index is -0.400. The number of amides is 2. The lowest BCUT2D eigenvalue weighted by molar-refractivity contribution is 0.192. The van der Waals surface area contributed by atoms with Crippen LogP contribution in [0.5, 0.6) is 0 Å². The molecule has 2 amide bonds. The van der Waals surface area contributed by atoms with Gasteiger partial charge in [-0.1, -0.05) is 23.6 Å². The predicted octanol–water partition coefficient (Wildman–Crippen LogP) is 2.79. The largest absolute Gasteiger partial charge is 0.327 e. The topological polar surface area (TPSA) is 32.3 Å². The maximum Gasteiger partial charge on any atom is 0.318 e. The maximum atomic E-state index is 13.7. The summed E-state index contributed by atoms with van der Waals surface area (Å²) in [6.45, 7) is 0.319. The molecule has 1 aromatic rings. The first-order chi connectivity index (χ1) is 9.13. The van der Waals surface area contributed by atoms with Gasteiger partial charge in [-0.05, 0) is 25.0 Å². The van der Waals surface area contributed by atoms with Crippen LogP contribution in [-0.2, 0) is 6.54 Å². The van der Waals surface area contributed by atoms with E-state index in [0.717, 1.165) is 12.8 Å². The van der Waals surface area contributed by atoms with Crippen molar-refractivity contribution in [3.05, 3.63) is 34.6 Å². The molecule has 100 valence electrons. The van der Waals surface area contributed by atoms with Crippen molar-refractivity contribution in [2.75, 3.05) is 6.54 Å². The van der Waals surface area contributed by atoms with Crippen LogP contribution >= 0.6 is 11.6 Å². The summed E-state index contributed by atoms with van der Waals surface area (Å²) >= 11 is 5.98. The van der Waals surface area contributed by atoms with E-state index in [1.165, 1.54) is 6.07 Å². The molecule has 0 aliphatic heterocycles. The van der Waals surface area contributed by atoms with Gasteiger partial charge in [0, 0.05) is 16.6 Å². The zero-order chi connectivity index (χ0) is 13.8. The van der Waals surface area contributed by atoms with Crippen molar-refractivity contribution in [2.45, 2.75) is 25.4 Å². The molecule has 0 spiro atoms. The number of halogens is 2. The zero-order valence-electron chi connectivity index (χ0n) is 10.3. The molecule has 1 N–H and O–H groups in total. The molecule has 1 aliphatic rings. The average molecular weight is 281 g/mol. The van der Waals surface area contributed by atoms with Crippen LogP contribution in [0.25, 0.3) is 0 Å². The number of urea groups is 1. The first-order valence-electron chi connectivity index (χ1n) is 6.04. The molecule has 1 saturated carbocycles. The Morgan fingerprint density at radius 3 is 2.89 bits per heavy atom. The van der Waals surface area contributed by atoms with Gasteiger partial charge < -0.3 is 10.2 Å². The van der Waals surface area contributed by atoms with Gasteiger partial charge in [-0.2, -0.15) is 0 Å². The molecular weight excluding hydrogens is 267 g/mol. The summed E-state index contributed by atoms with van der Waals surface area (Å²) in [7, 11) is 0. The molecule has 0 bridgehead atoms. The highest BCUT2D eigenvalue weighted by Crippen LogP contribution is 2.30. The molecule has 2 rings (SSSR count). The van der Waals surface area contributed by atoms with Crippen LogP contribution in [0.4, 0.5) is 9.18 Å². The van der Waals surface area contributed by atoms with E-state index >= 15 is 0 Å². The van der Waals surface area contributed by atoms with E-state index < -0.39 is 5.82 Å². The van der Waals surface area contributed by atoms with E-state index in [2.05, 4.69) is 11.2 Å². The fourth-order valence-corrected chi connectivity index (χ4v) is 2.06. The molecule has 0 heterocycles. The van der Waals surface area contributed by atoms with E-state index in [-0.39, 0.29) is 25.2 Å². The van der Waals surface area contributed by atoms with Crippen LogP contribution in [0.2, 0.25) is 5.02 Å². The zero-order valence-corrected chi connectivity index (χ0v) is 11.1. The number of nitrogens with zero attached hydrogens (tertiary/aromatic N) is 1. The number of nitrogens with one attached hydrogen (secondary N) is 1. The van der Waals surface area contributed by atoms with Gasteiger partial charge in [0.2, 0.25) is 0 Å². The molecule has 3 nitrogen and oxygen atoms in total. The Balaban J connectivity index is 2.13. The second kappa shape index (κ2) is 5.94. The molecule has 5 heteroatoms. The van der Waals surface area contributed by atoms with Crippen molar-refractivity contribution in [3.8, 4) is 12.3 Å². The van der Waals surface area contributed by atoms with E-state index in [0.29, 0.717) is 10.6 Å². The lowest BCUT2D eigenvalue weighted by atomic mass is 10.2. The summed E-state index contributed by atoms with van der Waals surface area (Å²) in [5.41, 5.74) is 0.340. The highest BCUT2D eigenvalue weighted by molar-refractivity contribution is 6.31. The van der Waals surface area contributed by atoms with Gasteiger partial charge >= 0.3 is 6.03 Å². The number of benzene rings is 1. The molecule has 1 fully saturated rings. The van der Waals surface area contributed by atoms with Gasteiger partial charge in [0.1, 0.15) is 5.82 Å². The third kappa shape index (κ3) is 3.39. The van der Waals surface area contributed by atoms with Crippen molar-refractivity contribution in [1.29, 1.82) is 0 Å². The maximum absolute atomic E-state index is 13.7. The summed E-state index contributed by atoms with van der Waals surface area (Å²) < 4.78 is 13.7. The number of rotatable bonds is 4. The minimum Gasteiger partial charge on any atom is -0.327 e. The molecule has 0 saturated heterocycles. The summed E-state index contributed by atoms with van der Waals surface area (Å²) in [4.78, 5) is 13.5. The van der Waals surface area contributed by atoms with Gasteiger partial charge in [0.25, 0.3) is 0 Å². The van der Waals surface area contributed by atoms with Crippen LogP contribution < -0.4 is 5.32 Å². The number of terminal acetylenes is 1. The normalized spacial score (nSPS) is 13.7. The van der Waals surface area contributed by atoms with Crippen molar-refractivity contribution in [3.63, 3.8) is 0 Å². The average Bonchev–Trinajstić information content (AvgIpc) is 3.20. The monoisotopic (exact) mass is 280 g/mol. The third-order valence-electron chi connectivity index (χ3n) is 2.98. The number of hydrogen-bond donors (Lipinski definition) is 1. The fraction of sp³-hybridized carbons (Fsp3) is 0.357. The number of hydrogen-bond acceptors (Lipinski definition) is 1. The molecule has 0 atom stereocenters. The smallest absolute Gasteiger partial charge is 0.318 e. The second-order valence-corrected chi connectivity index (χ2v) is 4.83. The second-order valence-electron chi connectivity index (χ2n) is 4.42. The minimum absolute atomic E-state index is 0.147. The van der Waals surface area contributed by atoms with Gasteiger partial charge in [-0.15, -0.1) is 6.42 Å². The Bertz CT molecular complexity index is 502. The van der Waals surface area contributed by atoms with Gasteiger partial charge in [-0.3, -0.25) is 0 Å². The van der Waals surface area contributed by atoms with Crippen LogP contribution in [0.1, 0.15) is 18.4 Å². The lowest BCUT2D eigenvalue weighted by Crippen LogP contribution is -2.41. The van der Waals surface area contributed by atoms with Crippen molar-refractivity contribution in [2.24, 2.45) is 0 Å². The van der Waals surface area contributed by atoms with Gasteiger partial charge in [0.05, 0.1) is 13.1 Å². The van der Waals surface area contributed by atoms with Crippen molar-refractivity contribution < 1.29 is 9.18 Å². The molecule has 0 unspecified atom stereocenters. The van der Waals surface area contributed by atoms with Crippen LogP contribution in [0.3, 0.4) is 0 Å². The Labute approximate surface area is 116 Å². The molecule has 0 aromatic heterocycles. The van der Waals surface area contributed by atoms with Gasteiger partial charge in [-0.25, -0.2) is 9.18 Å². The Morgan fingerprint density at radius 1 is 1.58 bits per heavy atom. The van der Waals surface area contributed by atoms with Crippen LogP contribution in [0.15, 0.2) is 18.2 Å². The highest BCUT2D eigenvalue weighted by Gasteiger charge is 2.33. The van der Waals surface area contributed by atoms with E-state index in [4.69, 9.17) is 18.0 Å². The summed E-state index contributed by atoms with van der Waals surface area (Å²) in [6.07, 6.45) is 6.96. The van der Waals surface area contributed by atoms with E-state index in [1.807, 2.05) is 0 Å². The first-order valence-corrected chi connectivity index (χ1v) is 6.42. The lowest BCUT2D eigenvalue weighted by Gasteiger charge is -2.23. The van der Waals surface area contributed by atoms with Crippen molar-refractivity contribution >= 4 is 17.6 Å². The molecule has 1 aromatic carbocycles. The fourth-order valence-electron chi connectivity index (χ4n) is 1.83. The van der Waals surface area contributed by atoms with Crippen LogP contribution in [-0.4, -0.2) is 23.5 Å². The Morgan fingerprint density at radius 2 is 2.32 bits per heavy atom. The SMILES string of the molecule is C#CCNC(=O)N(Cc1c(F)cccc1Cl)C1CC1. The first kappa shape index (κ1) is 13.7. The van der Waals surface area contributed by atoms with Crippen molar-refractivity contribution in [1.82, 2.24) is 10.2 Å². The van der Waals surface area contributed by atoms with Gasteiger partial charge in [0.15, 0.2) is 0 Å². The number of carbonyl (C=O) groups excluding carboxylic acids is 1. The molecular formula is C14H14ClFN2O. The Kier molecular flexibility index (Phi) is 4.28. The highest BCUT2D eigenvalue weighted by atomic mass is 35.5. The molecule has 19 heavy (non-hydrogen) atoms. The molecule has 0 radical (unpaired) electrons. The number of carbonyl (C=O) groups is 1. The van der Waals surface area contributed by atoms with E-state index in [9.17, 15) is 9.18 Å².